The maximum Gasteiger partial charge on any atom is 0.409 e. The van der Waals surface area contributed by atoms with Crippen molar-refractivity contribution < 1.29 is 14.7 Å². The number of fused-ring (bicyclic) bond motifs is 1. The largest absolute Gasteiger partial charge is 0.465 e. The van der Waals surface area contributed by atoms with Gasteiger partial charge >= 0.3 is 6.09 Å². The van der Waals surface area contributed by atoms with Crippen LogP contribution >= 0.6 is 11.8 Å². The average molecular weight is 557 g/mol. The Morgan fingerprint density at radius 1 is 0.975 bits per heavy atom. The smallest absolute Gasteiger partial charge is 0.409 e. The number of nitrogens with one attached hydrogen (secondary N) is 3. The summed E-state index contributed by atoms with van der Waals surface area (Å²) in [5.41, 5.74) is 3.34. The second kappa shape index (κ2) is 12.3. The van der Waals surface area contributed by atoms with E-state index in [0.29, 0.717) is 22.7 Å². The Bertz CT molecular complexity index is 1520. The number of carboxylic acid groups (broad SMARTS) is 1. The molecule has 5 rings (SSSR count). The minimum atomic E-state index is -1.11. The number of aromatic nitrogens is 3. The highest BCUT2D eigenvalue weighted by molar-refractivity contribution is 7.99. The molecule has 1 aliphatic carbocycles. The SMILES string of the molecule is CC(C)c1ccc2c(Nc3cc(C(=O)NC4CCCCC4)ccc3Sc3ccc(NC(=O)O)cc3)ncnc2n1. The molecule has 1 saturated carbocycles. The minimum Gasteiger partial charge on any atom is -0.465 e. The minimum absolute atomic E-state index is 0.0913. The predicted octanol–water partition coefficient (Wildman–Crippen LogP) is 7.20. The Labute approximate surface area is 237 Å². The fourth-order valence-electron chi connectivity index (χ4n) is 4.74. The van der Waals surface area contributed by atoms with Crippen molar-refractivity contribution in [1.82, 2.24) is 20.3 Å². The summed E-state index contributed by atoms with van der Waals surface area (Å²) < 4.78 is 0. The molecule has 10 heteroatoms. The van der Waals surface area contributed by atoms with E-state index in [2.05, 4.69) is 39.8 Å². The van der Waals surface area contributed by atoms with Crippen molar-refractivity contribution in [2.75, 3.05) is 10.6 Å². The summed E-state index contributed by atoms with van der Waals surface area (Å²) in [6.07, 6.45) is 5.90. The van der Waals surface area contributed by atoms with Crippen LogP contribution in [0.25, 0.3) is 11.0 Å². The zero-order valence-corrected chi connectivity index (χ0v) is 23.3. The van der Waals surface area contributed by atoms with E-state index in [1.165, 1.54) is 24.5 Å². The lowest BCUT2D eigenvalue weighted by Crippen LogP contribution is -2.36. The van der Waals surface area contributed by atoms with Gasteiger partial charge in [-0.1, -0.05) is 44.9 Å². The number of rotatable bonds is 8. The molecular formula is C30H32N6O3S. The normalized spacial score (nSPS) is 13.8. The summed E-state index contributed by atoms with van der Waals surface area (Å²) in [5.74, 6) is 0.780. The quantitative estimate of drug-likeness (QED) is 0.179. The van der Waals surface area contributed by atoms with E-state index in [4.69, 9.17) is 10.1 Å². The number of nitrogens with zero attached hydrogens (tertiary/aromatic N) is 3. The van der Waals surface area contributed by atoms with Crippen molar-refractivity contribution in [3.8, 4) is 0 Å². The number of anilines is 3. The number of pyridine rings is 1. The zero-order chi connectivity index (χ0) is 28.1. The Morgan fingerprint density at radius 3 is 2.48 bits per heavy atom. The number of carbonyl (C=O) groups excluding carboxylic acids is 1. The zero-order valence-electron chi connectivity index (χ0n) is 22.5. The van der Waals surface area contributed by atoms with Gasteiger partial charge < -0.3 is 15.7 Å². The van der Waals surface area contributed by atoms with E-state index in [1.807, 2.05) is 42.5 Å². The van der Waals surface area contributed by atoms with Gasteiger partial charge in [0.2, 0.25) is 0 Å². The molecule has 0 bridgehead atoms. The van der Waals surface area contributed by atoms with Gasteiger partial charge in [-0.3, -0.25) is 10.1 Å². The molecule has 0 unspecified atom stereocenters. The summed E-state index contributed by atoms with van der Waals surface area (Å²) in [4.78, 5) is 39.5. The monoisotopic (exact) mass is 556 g/mol. The molecule has 0 saturated heterocycles. The van der Waals surface area contributed by atoms with Crippen LogP contribution in [0.5, 0.6) is 0 Å². The lowest BCUT2D eigenvalue weighted by atomic mass is 9.95. The van der Waals surface area contributed by atoms with Gasteiger partial charge in [0.25, 0.3) is 5.91 Å². The van der Waals surface area contributed by atoms with Crippen molar-refractivity contribution in [3.05, 3.63) is 72.2 Å². The van der Waals surface area contributed by atoms with Crippen molar-refractivity contribution in [2.45, 2.75) is 67.7 Å². The Hall–Kier alpha value is -4.18. The van der Waals surface area contributed by atoms with Gasteiger partial charge in [0, 0.05) is 32.8 Å². The highest BCUT2D eigenvalue weighted by atomic mass is 32.2. The first-order valence-corrected chi connectivity index (χ1v) is 14.3. The molecule has 9 nitrogen and oxygen atoms in total. The third-order valence-electron chi connectivity index (χ3n) is 6.88. The van der Waals surface area contributed by atoms with E-state index in [-0.39, 0.29) is 17.9 Å². The molecule has 1 aliphatic rings. The fourth-order valence-corrected chi connectivity index (χ4v) is 5.62. The van der Waals surface area contributed by atoms with E-state index in [9.17, 15) is 9.59 Å². The topological polar surface area (TPSA) is 129 Å². The fraction of sp³-hybridized carbons (Fsp3) is 0.300. The first-order valence-electron chi connectivity index (χ1n) is 13.5. The van der Waals surface area contributed by atoms with Crippen LogP contribution in [-0.4, -0.2) is 38.1 Å². The van der Waals surface area contributed by atoms with Crippen molar-refractivity contribution in [2.24, 2.45) is 0 Å². The van der Waals surface area contributed by atoms with Gasteiger partial charge in [0.1, 0.15) is 12.1 Å². The molecule has 40 heavy (non-hydrogen) atoms. The number of hydrogen-bond donors (Lipinski definition) is 4. The summed E-state index contributed by atoms with van der Waals surface area (Å²) >= 11 is 1.50. The Balaban J connectivity index is 1.46. The van der Waals surface area contributed by atoms with Crippen molar-refractivity contribution in [3.63, 3.8) is 0 Å². The van der Waals surface area contributed by atoms with Crippen LogP contribution in [0.4, 0.5) is 22.0 Å². The average Bonchev–Trinajstić information content (AvgIpc) is 2.95. The second-order valence-electron chi connectivity index (χ2n) is 10.2. The number of carbonyl (C=O) groups is 2. The second-order valence-corrected chi connectivity index (χ2v) is 11.3. The highest BCUT2D eigenvalue weighted by Crippen LogP contribution is 2.37. The van der Waals surface area contributed by atoms with Gasteiger partial charge in [0.15, 0.2) is 5.65 Å². The van der Waals surface area contributed by atoms with Crippen molar-refractivity contribution in [1.29, 1.82) is 0 Å². The lowest BCUT2D eigenvalue weighted by molar-refractivity contribution is 0.0927. The number of benzene rings is 2. The molecule has 0 radical (unpaired) electrons. The number of hydrogen-bond acceptors (Lipinski definition) is 7. The van der Waals surface area contributed by atoms with Gasteiger partial charge in [-0.05, 0) is 73.4 Å². The van der Waals surface area contributed by atoms with Crippen LogP contribution < -0.4 is 16.0 Å². The van der Waals surface area contributed by atoms with Gasteiger partial charge in [0.05, 0.1) is 11.1 Å². The summed E-state index contributed by atoms with van der Waals surface area (Å²) in [7, 11) is 0. The summed E-state index contributed by atoms with van der Waals surface area (Å²) in [5, 5.41) is 18.7. The Kier molecular flexibility index (Phi) is 8.45. The molecule has 2 amide bonds. The maximum absolute atomic E-state index is 13.2. The molecule has 4 N–H and O–H groups in total. The van der Waals surface area contributed by atoms with Crippen molar-refractivity contribution >= 4 is 52.0 Å². The van der Waals surface area contributed by atoms with Crippen LogP contribution in [0, 0.1) is 0 Å². The van der Waals surface area contributed by atoms with E-state index < -0.39 is 6.09 Å². The standard InChI is InChI=1S/C30H32N6O3S/c1-18(2)24-14-13-23-27(35-24)31-17-32-28(23)36-25-16-19(29(37)33-20-6-4-3-5-7-20)8-15-26(25)40-22-11-9-21(10-12-22)34-30(38)39/h8-18,20,34H,3-7H2,1-2H3,(H,33,37)(H,38,39)(H,31,32,35,36). The molecule has 0 atom stereocenters. The van der Waals surface area contributed by atoms with Crippen LogP contribution in [0.1, 0.15) is 67.9 Å². The molecule has 2 heterocycles. The molecular weight excluding hydrogens is 524 g/mol. The Morgan fingerprint density at radius 2 is 1.75 bits per heavy atom. The first kappa shape index (κ1) is 27.4. The van der Waals surface area contributed by atoms with E-state index in [0.717, 1.165) is 52.2 Å². The predicted molar refractivity (Wildman–Crippen MR) is 158 cm³/mol. The summed E-state index contributed by atoms with van der Waals surface area (Å²) in [6, 6.07) is 16.9. The third-order valence-corrected chi connectivity index (χ3v) is 7.96. The van der Waals surface area contributed by atoms with Crippen LogP contribution in [-0.2, 0) is 0 Å². The van der Waals surface area contributed by atoms with Crippen LogP contribution in [0.15, 0.2) is 70.7 Å². The van der Waals surface area contributed by atoms with Gasteiger partial charge in [-0.2, -0.15) is 0 Å². The lowest BCUT2D eigenvalue weighted by Gasteiger charge is -2.23. The van der Waals surface area contributed by atoms with Crippen LogP contribution in [0.2, 0.25) is 0 Å². The van der Waals surface area contributed by atoms with E-state index >= 15 is 0 Å². The van der Waals surface area contributed by atoms with E-state index in [1.54, 1.807) is 12.1 Å². The number of amides is 2. The highest BCUT2D eigenvalue weighted by Gasteiger charge is 2.19. The molecule has 0 aliphatic heterocycles. The van der Waals surface area contributed by atoms with Gasteiger partial charge in [-0.15, -0.1) is 0 Å². The van der Waals surface area contributed by atoms with Crippen LogP contribution in [0.3, 0.4) is 0 Å². The molecule has 4 aromatic rings. The molecule has 0 spiro atoms. The van der Waals surface area contributed by atoms with Gasteiger partial charge in [-0.25, -0.2) is 19.7 Å². The maximum atomic E-state index is 13.2. The molecule has 2 aromatic heterocycles. The first-order chi connectivity index (χ1) is 19.4. The third kappa shape index (κ3) is 6.69. The molecule has 2 aromatic carbocycles. The summed E-state index contributed by atoms with van der Waals surface area (Å²) in [6.45, 7) is 4.18. The molecule has 1 fully saturated rings. The molecule has 206 valence electrons.